The molecule has 0 aliphatic heterocycles. The van der Waals surface area contributed by atoms with Crippen molar-refractivity contribution in [1.29, 1.82) is 5.41 Å². The van der Waals surface area contributed by atoms with Crippen LogP contribution in [0.5, 0.6) is 0 Å². The number of nitrogens with one attached hydrogen (secondary N) is 1. The number of amidine groups is 1. The fourth-order valence-electron chi connectivity index (χ4n) is 1.23. The van der Waals surface area contributed by atoms with Crippen LogP contribution in [0.3, 0.4) is 0 Å². The van der Waals surface area contributed by atoms with E-state index >= 15 is 0 Å². The highest BCUT2D eigenvalue weighted by molar-refractivity contribution is 8.01. The number of hydrogen-bond acceptors (Lipinski definition) is 3. The summed E-state index contributed by atoms with van der Waals surface area (Å²) in [5, 5.41) is 10.1. The Labute approximate surface area is 107 Å². The smallest absolute Gasteiger partial charge is 0.123 e. The molecule has 5 heteroatoms. The number of nitrogens with two attached hydrogens (primary N) is 1. The molecule has 0 radical (unpaired) electrons. The number of nitrogen functional groups attached to an aromatic ring is 1. The summed E-state index contributed by atoms with van der Waals surface area (Å²) in [6.07, 6.45) is 0. The molecular weight excluding hydrogens is 260 g/mol. The lowest BCUT2D eigenvalue weighted by molar-refractivity contribution is 1.34. The maximum atomic E-state index is 7.51. The highest BCUT2D eigenvalue weighted by Gasteiger charge is 2.08. The van der Waals surface area contributed by atoms with E-state index in [-0.39, 0.29) is 5.84 Å². The van der Waals surface area contributed by atoms with Crippen molar-refractivity contribution < 1.29 is 0 Å². The molecule has 2 rings (SSSR count). The molecule has 0 amide bonds. The Morgan fingerprint density at radius 1 is 1.38 bits per heavy atom. The van der Waals surface area contributed by atoms with Crippen molar-refractivity contribution in [2.75, 3.05) is 0 Å². The first-order valence-corrected chi connectivity index (χ1v) is 6.59. The lowest BCUT2D eigenvalue weighted by Gasteiger charge is -2.06. The van der Waals surface area contributed by atoms with Crippen LogP contribution in [0, 0.1) is 5.41 Å². The van der Waals surface area contributed by atoms with Gasteiger partial charge in [-0.2, -0.15) is 0 Å². The minimum absolute atomic E-state index is 0.0431. The van der Waals surface area contributed by atoms with Gasteiger partial charge in [-0.1, -0.05) is 29.4 Å². The molecule has 1 aromatic heterocycles. The van der Waals surface area contributed by atoms with Crippen molar-refractivity contribution in [3.63, 3.8) is 0 Å². The van der Waals surface area contributed by atoms with Crippen molar-refractivity contribution in [3.05, 3.63) is 46.3 Å². The second-order valence-corrected chi connectivity index (χ2v) is 5.81. The summed E-state index contributed by atoms with van der Waals surface area (Å²) < 4.78 is 1.17. The second kappa shape index (κ2) is 4.91. The van der Waals surface area contributed by atoms with Crippen molar-refractivity contribution >= 4 is 40.5 Å². The minimum Gasteiger partial charge on any atom is -0.384 e. The molecule has 0 aliphatic rings. The molecule has 0 aliphatic carbocycles. The Balaban J connectivity index is 2.36. The molecule has 2 aromatic rings. The van der Waals surface area contributed by atoms with Gasteiger partial charge in [0, 0.05) is 15.5 Å². The zero-order chi connectivity index (χ0) is 11.5. The summed E-state index contributed by atoms with van der Waals surface area (Å²) in [6, 6.07) is 9.46. The molecule has 0 atom stereocenters. The largest absolute Gasteiger partial charge is 0.384 e. The van der Waals surface area contributed by atoms with Crippen LogP contribution in [-0.4, -0.2) is 5.84 Å². The maximum absolute atomic E-state index is 7.51. The van der Waals surface area contributed by atoms with Crippen molar-refractivity contribution in [1.82, 2.24) is 0 Å². The third kappa shape index (κ3) is 2.58. The van der Waals surface area contributed by atoms with Gasteiger partial charge < -0.3 is 5.73 Å². The monoisotopic (exact) mass is 268 g/mol. The topological polar surface area (TPSA) is 49.9 Å². The van der Waals surface area contributed by atoms with Gasteiger partial charge in [0.2, 0.25) is 0 Å². The number of benzene rings is 1. The Morgan fingerprint density at radius 3 is 2.81 bits per heavy atom. The zero-order valence-corrected chi connectivity index (χ0v) is 10.6. The van der Waals surface area contributed by atoms with Crippen LogP contribution in [0.4, 0.5) is 0 Å². The van der Waals surface area contributed by atoms with E-state index in [4.69, 9.17) is 22.7 Å². The average Bonchev–Trinajstić information content (AvgIpc) is 2.73. The molecule has 0 saturated carbocycles. The quantitative estimate of drug-likeness (QED) is 0.656. The molecule has 1 heterocycles. The van der Waals surface area contributed by atoms with Gasteiger partial charge in [0.15, 0.2) is 0 Å². The van der Waals surface area contributed by atoms with Crippen molar-refractivity contribution in [3.8, 4) is 0 Å². The number of hydrogen-bond donors (Lipinski definition) is 2. The van der Waals surface area contributed by atoms with Crippen LogP contribution in [0.1, 0.15) is 5.56 Å². The number of rotatable bonds is 3. The molecule has 0 saturated heterocycles. The van der Waals surface area contributed by atoms with Crippen molar-refractivity contribution in [2.24, 2.45) is 5.73 Å². The van der Waals surface area contributed by atoms with Gasteiger partial charge >= 0.3 is 0 Å². The summed E-state index contributed by atoms with van der Waals surface area (Å²) in [6.45, 7) is 0. The van der Waals surface area contributed by atoms with Gasteiger partial charge in [0.25, 0.3) is 0 Å². The van der Waals surface area contributed by atoms with Crippen LogP contribution in [0.25, 0.3) is 0 Å². The fourth-order valence-corrected chi connectivity index (χ4v) is 3.26. The van der Waals surface area contributed by atoms with E-state index in [1.165, 1.54) is 4.21 Å². The Morgan fingerprint density at radius 2 is 2.19 bits per heavy atom. The van der Waals surface area contributed by atoms with Gasteiger partial charge in [0.05, 0.1) is 4.21 Å². The van der Waals surface area contributed by atoms with Gasteiger partial charge in [-0.05, 0) is 29.6 Å². The first-order chi connectivity index (χ1) is 7.66. The summed E-state index contributed by atoms with van der Waals surface area (Å²) >= 11 is 9.14. The van der Waals surface area contributed by atoms with Gasteiger partial charge in [-0.15, -0.1) is 11.3 Å². The average molecular weight is 269 g/mol. The second-order valence-electron chi connectivity index (χ2n) is 3.09. The highest BCUT2D eigenvalue weighted by Crippen LogP contribution is 2.34. The summed E-state index contributed by atoms with van der Waals surface area (Å²) in [4.78, 5) is 0.958. The van der Waals surface area contributed by atoms with Crippen LogP contribution >= 0.6 is 34.7 Å². The SMILES string of the molecule is N=C(N)c1cc(Cl)ccc1Sc1cccs1. The van der Waals surface area contributed by atoms with E-state index in [0.717, 1.165) is 4.90 Å². The predicted molar refractivity (Wildman–Crippen MR) is 70.9 cm³/mol. The molecule has 0 spiro atoms. The Kier molecular flexibility index (Phi) is 3.53. The van der Waals surface area contributed by atoms with Crippen LogP contribution < -0.4 is 5.73 Å². The number of halogens is 1. The third-order valence-electron chi connectivity index (χ3n) is 1.94. The van der Waals surface area contributed by atoms with Crippen LogP contribution in [-0.2, 0) is 0 Å². The van der Waals surface area contributed by atoms with E-state index in [1.54, 1.807) is 29.2 Å². The van der Waals surface area contributed by atoms with Crippen LogP contribution in [0.15, 0.2) is 44.8 Å². The minimum atomic E-state index is 0.0431. The van der Waals surface area contributed by atoms with Crippen molar-refractivity contribution in [2.45, 2.75) is 9.10 Å². The van der Waals surface area contributed by atoms with Gasteiger partial charge in [0.1, 0.15) is 5.84 Å². The highest BCUT2D eigenvalue weighted by atomic mass is 35.5. The first-order valence-electron chi connectivity index (χ1n) is 4.52. The first kappa shape index (κ1) is 11.5. The molecule has 0 unspecified atom stereocenters. The molecule has 16 heavy (non-hydrogen) atoms. The molecule has 1 aromatic carbocycles. The lowest BCUT2D eigenvalue weighted by Crippen LogP contribution is -2.12. The van der Waals surface area contributed by atoms with E-state index in [9.17, 15) is 0 Å². The lowest BCUT2D eigenvalue weighted by atomic mass is 10.2. The third-order valence-corrected chi connectivity index (χ3v) is 4.29. The normalized spacial score (nSPS) is 10.3. The van der Waals surface area contributed by atoms with E-state index in [0.29, 0.717) is 10.6 Å². The predicted octanol–water partition coefficient (Wildman–Crippen LogP) is 3.84. The summed E-state index contributed by atoms with van der Waals surface area (Å²) in [5.74, 6) is 0.0431. The zero-order valence-electron chi connectivity index (χ0n) is 8.24. The van der Waals surface area contributed by atoms with E-state index < -0.39 is 0 Å². The van der Waals surface area contributed by atoms with Crippen LogP contribution in [0.2, 0.25) is 5.02 Å². The van der Waals surface area contributed by atoms with Gasteiger partial charge in [-0.3, -0.25) is 5.41 Å². The Hall–Kier alpha value is -0.970. The van der Waals surface area contributed by atoms with E-state index in [1.807, 2.05) is 29.6 Å². The number of thiophene rings is 1. The summed E-state index contributed by atoms with van der Waals surface area (Å²) in [5.41, 5.74) is 6.21. The molecular formula is C11H9ClN2S2. The summed E-state index contributed by atoms with van der Waals surface area (Å²) in [7, 11) is 0. The molecule has 0 bridgehead atoms. The maximum Gasteiger partial charge on any atom is 0.123 e. The van der Waals surface area contributed by atoms with E-state index in [2.05, 4.69) is 0 Å². The molecule has 2 nitrogen and oxygen atoms in total. The molecule has 0 fully saturated rings. The Bertz CT molecular complexity index is 509. The molecule has 3 N–H and O–H groups in total. The standard InChI is InChI=1S/C11H9ClN2S2/c12-7-3-4-9(8(6-7)11(13)14)16-10-2-1-5-15-10/h1-6H,(H3,13,14). The van der Waals surface area contributed by atoms with Gasteiger partial charge in [-0.25, -0.2) is 0 Å². The fraction of sp³-hybridized carbons (Fsp3) is 0. The molecule has 82 valence electrons.